The highest BCUT2D eigenvalue weighted by atomic mass is 16.5. The summed E-state index contributed by atoms with van der Waals surface area (Å²) in [6, 6.07) is 6.62. The molecule has 0 heterocycles. The summed E-state index contributed by atoms with van der Waals surface area (Å²) in [5.41, 5.74) is 0.638. The Bertz CT molecular complexity index is 431. The Hall–Kier alpha value is -2.24. The zero-order valence-corrected chi connectivity index (χ0v) is 11.0. The van der Waals surface area contributed by atoms with E-state index in [0.29, 0.717) is 18.0 Å². The van der Waals surface area contributed by atoms with Crippen molar-refractivity contribution in [2.75, 3.05) is 25.5 Å². The maximum Gasteiger partial charge on any atom is 0.321 e. The van der Waals surface area contributed by atoms with Gasteiger partial charge in [-0.15, -0.1) is 0 Å². The molecule has 0 aromatic heterocycles. The lowest BCUT2D eigenvalue weighted by atomic mass is 10.3. The van der Waals surface area contributed by atoms with Gasteiger partial charge in [0.05, 0.1) is 13.5 Å². The molecule has 1 rings (SSSR count). The summed E-state index contributed by atoms with van der Waals surface area (Å²) < 4.78 is 5.02. The van der Waals surface area contributed by atoms with Crippen LogP contribution < -0.4 is 10.1 Å². The van der Waals surface area contributed by atoms with Gasteiger partial charge in [-0.25, -0.2) is 4.79 Å². The summed E-state index contributed by atoms with van der Waals surface area (Å²) in [6.45, 7) is 2.44. The highest BCUT2D eigenvalue weighted by molar-refractivity contribution is 5.89. The lowest BCUT2D eigenvalue weighted by Crippen LogP contribution is -2.36. The zero-order valence-electron chi connectivity index (χ0n) is 11.0. The van der Waals surface area contributed by atoms with Crippen molar-refractivity contribution in [3.8, 4) is 5.75 Å². The van der Waals surface area contributed by atoms with E-state index in [2.05, 4.69) is 5.32 Å². The van der Waals surface area contributed by atoms with Crippen LogP contribution in [0, 0.1) is 0 Å². The highest BCUT2D eigenvalue weighted by Crippen LogP contribution is 2.15. The normalized spacial score (nSPS) is 9.79. The van der Waals surface area contributed by atoms with Crippen LogP contribution in [0.15, 0.2) is 24.3 Å². The number of benzene rings is 1. The number of carbonyl (C=O) groups is 2. The Morgan fingerprint density at radius 1 is 1.32 bits per heavy atom. The number of carbonyl (C=O) groups excluding carboxylic acids is 1. The molecular formula is C13H18N2O4. The summed E-state index contributed by atoms with van der Waals surface area (Å²) >= 11 is 0. The second kappa shape index (κ2) is 7.25. The first-order valence-corrected chi connectivity index (χ1v) is 5.98. The first-order valence-electron chi connectivity index (χ1n) is 5.98. The van der Waals surface area contributed by atoms with Crippen LogP contribution in [0.3, 0.4) is 0 Å². The topological polar surface area (TPSA) is 78.9 Å². The SMILES string of the molecule is CCN(CCC(=O)O)C(=O)Nc1ccc(OC)cc1. The molecular weight excluding hydrogens is 248 g/mol. The first-order chi connectivity index (χ1) is 9.06. The van der Waals surface area contributed by atoms with Crippen molar-refractivity contribution in [2.45, 2.75) is 13.3 Å². The minimum Gasteiger partial charge on any atom is -0.497 e. The molecule has 0 unspecified atom stereocenters. The van der Waals surface area contributed by atoms with Crippen molar-refractivity contribution in [3.63, 3.8) is 0 Å². The Kier molecular flexibility index (Phi) is 5.66. The number of carboxylic acid groups (broad SMARTS) is 1. The lowest BCUT2D eigenvalue weighted by Gasteiger charge is -2.20. The van der Waals surface area contributed by atoms with E-state index in [1.54, 1.807) is 38.3 Å². The van der Waals surface area contributed by atoms with Gasteiger partial charge in [-0.1, -0.05) is 0 Å². The number of urea groups is 1. The van der Waals surface area contributed by atoms with Gasteiger partial charge in [0.1, 0.15) is 5.75 Å². The maximum absolute atomic E-state index is 11.9. The molecule has 0 aliphatic carbocycles. The molecule has 0 aliphatic heterocycles. The fourth-order valence-electron chi connectivity index (χ4n) is 1.51. The molecule has 0 atom stereocenters. The standard InChI is InChI=1S/C13H18N2O4/c1-3-15(9-8-12(16)17)13(18)14-10-4-6-11(19-2)7-5-10/h4-7H,3,8-9H2,1-2H3,(H,14,18)(H,16,17). The van der Waals surface area contributed by atoms with E-state index >= 15 is 0 Å². The van der Waals surface area contributed by atoms with Gasteiger partial charge in [-0.2, -0.15) is 0 Å². The number of carboxylic acids is 1. The van der Waals surface area contributed by atoms with E-state index in [1.807, 2.05) is 0 Å². The molecule has 0 fully saturated rings. The third-order valence-corrected chi connectivity index (χ3v) is 2.61. The number of nitrogens with one attached hydrogen (secondary N) is 1. The molecule has 19 heavy (non-hydrogen) atoms. The van der Waals surface area contributed by atoms with Gasteiger partial charge < -0.3 is 20.1 Å². The largest absolute Gasteiger partial charge is 0.497 e. The first kappa shape index (κ1) is 14.8. The third kappa shape index (κ3) is 4.87. The number of hydrogen-bond acceptors (Lipinski definition) is 3. The second-order valence-corrected chi connectivity index (χ2v) is 3.88. The number of anilines is 1. The molecule has 104 valence electrons. The van der Waals surface area contributed by atoms with E-state index in [0.717, 1.165) is 0 Å². The van der Waals surface area contributed by atoms with Crippen LogP contribution in [0.25, 0.3) is 0 Å². The molecule has 0 saturated heterocycles. The second-order valence-electron chi connectivity index (χ2n) is 3.88. The van der Waals surface area contributed by atoms with Gasteiger partial charge in [-0.3, -0.25) is 4.79 Å². The molecule has 6 heteroatoms. The summed E-state index contributed by atoms with van der Waals surface area (Å²) in [6.07, 6.45) is -0.0656. The van der Waals surface area contributed by atoms with Crippen molar-refractivity contribution in [1.29, 1.82) is 0 Å². The van der Waals surface area contributed by atoms with Crippen LogP contribution in [0.1, 0.15) is 13.3 Å². The van der Waals surface area contributed by atoms with E-state index < -0.39 is 5.97 Å². The van der Waals surface area contributed by atoms with Gasteiger partial charge in [-0.05, 0) is 31.2 Å². The van der Waals surface area contributed by atoms with E-state index in [-0.39, 0.29) is 19.0 Å². The predicted octanol–water partition coefficient (Wildman–Crippen LogP) is 2.02. The average Bonchev–Trinajstić information content (AvgIpc) is 2.40. The van der Waals surface area contributed by atoms with E-state index in [1.165, 1.54) is 4.90 Å². The van der Waals surface area contributed by atoms with Crippen molar-refractivity contribution in [3.05, 3.63) is 24.3 Å². The average molecular weight is 266 g/mol. The van der Waals surface area contributed by atoms with Crippen LogP contribution in [0.4, 0.5) is 10.5 Å². The van der Waals surface area contributed by atoms with Crippen LogP contribution in [0.5, 0.6) is 5.75 Å². The summed E-state index contributed by atoms with van der Waals surface area (Å²) in [4.78, 5) is 23.8. The number of rotatable bonds is 6. The van der Waals surface area contributed by atoms with Crippen molar-refractivity contribution in [2.24, 2.45) is 0 Å². The van der Waals surface area contributed by atoms with Gasteiger partial charge in [0, 0.05) is 18.8 Å². The number of nitrogens with zero attached hydrogens (tertiary/aromatic N) is 1. The Balaban J connectivity index is 2.57. The summed E-state index contributed by atoms with van der Waals surface area (Å²) in [7, 11) is 1.57. The predicted molar refractivity (Wildman–Crippen MR) is 71.5 cm³/mol. The van der Waals surface area contributed by atoms with Crippen molar-refractivity contribution in [1.82, 2.24) is 4.90 Å². The fourth-order valence-corrected chi connectivity index (χ4v) is 1.51. The molecule has 2 N–H and O–H groups in total. The van der Waals surface area contributed by atoms with Crippen LogP contribution in [-0.2, 0) is 4.79 Å². The van der Waals surface area contributed by atoms with Crippen LogP contribution >= 0.6 is 0 Å². The molecule has 1 aromatic carbocycles. The van der Waals surface area contributed by atoms with E-state index in [4.69, 9.17) is 9.84 Å². The number of ether oxygens (including phenoxy) is 1. The van der Waals surface area contributed by atoms with Crippen molar-refractivity contribution < 1.29 is 19.4 Å². The Labute approximate surface area is 112 Å². The molecule has 0 radical (unpaired) electrons. The Morgan fingerprint density at radius 2 is 1.95 bits per heavy atom. The third-order valence-electron chi connectivity index (χ3n) is 2.61. The highest BCUT2D eigenvalue weighted by Gasteiger charge is 2.12. The quantitative estimate of drug-likeness (QED) is 0.825. The molecule has 0 saturated carbocycles. The minimum atomic E-state index is -0.921. The van der Waals surface area contributed by atoms with Gasteiger partial charge in [0.15, 0.2) is 0 Å². The molecule has 0 spiro atoms. The van der Waals surface area contributed by atoms with E-state index in [9.17, 15) is 9.59 Å². The van der Waals surface area contributed by atoms with Gasteiger partial charge in [0.25, 0.3) is 0 Å². The molecule has 2 amide bonds. The number of amides is 2. The minimum absolute atomic E-state index is 0.0656. The van der Waals surface area contributed by atoms with Gasteiger partial charge in [0.2, 0.25) is 0 Å². The molecule has 0 aliphatic rings. The lowest BCUT2D eigenvalue weighted by molar-refractivity contribution is -0.137. The monoisotopic (exact) mass is 266 g/mol. The number of hydrogen-bond donors (Lipinski definition) is 2. The smallest absolute Gasteiger partial charge is 0.321 e. The summed E-state index contributed by atoms with van der Waals surface area (Å²) in [5, 5.41) is 11.3. The number of aliphatic carboxylic acids is 1. The molecule has 6 nitrogen and oxygen atoms in total. The van der Waals surface area contributed by atoms with Crippen molar-refractivity contribution >= 4 is 17.7 Å². The zero-order chi connectivity index (χ0) is 14.3. The van der Waals surface area contributed by atoms with Crippen LogP contribution in [-0.4, -0.2) is 42.2 Å². The Morgan fingerprint density at radius 3 is 2.42 bits per heavy atom. The molecule has 0 bridgehead atoms. The molecule has 1 aromatic rings. The number of methoxy groups -OCH3 is 1. The van der Waals surface area contributed by atoms with Gasteiger partial charge >= 0.3 is 12.0 Å². The fraction of sp³-hybridized carbons (Fsp3) is 0.385. The maximum atomic E-state index is 11.9. The van der Waals surface area contributed by atoms with Crippen LogP contribution in [0.2, 0.25) is 0 Å². The summed E-state index contributed by atoms with van der Waals surface area (Å²) in [5.74, 6) is -0.216.